The molecule has 2 aromatic heterocycles. The van der Waals surface area contributed by atoms with Crippen molar-refractivity contribution < 1.29 is 14.2 Å². The standard InChI is InChI=1S/C5H2ClIN2O2.C5H2FIN2O2/c2*6-5-4(9(10)11)1-3(7)2-8-5/h2*1-2H. The van der Waals surface area contributed by atoms with E-state index in [2.05, 4.69) is 9.97 Å². The maximum absolute atomic E-state index is 12.5. The number of halogens is 4. The summed E-state index contributed by atoms with van der Waals surface area (Å²) in [6.07, 6.45) is 2.69. The molecule has 0 aliphatic rings. The smallest absolute Gasteiger partial charge is 0.258 e. The Hall–Kier alpha value is -1.22. The molecule has 12 heteroatoms. The molecule has 0 spiro atoms. The predicted molar refractivity (Wildman–Crippen MR) is 92.2 cm³/mol. The average molecular weight is 552 g/mol. The third kappa shape index (κ3) is 5.53. The molecule has 0 radical (unpaired) electrons. The SMILES string of the molecule is O=[N+]([O-])c1cc(I)cnc1Cl.O=[N+]([O-])c1cc(I)cnc1F. The van der Waals surface area contributed by atoms with E-state index >= 15 is 0 Å². The molecule has 0 amide bonds. The summed E-state index contributed by atoms with van der Waals surface area (Å²) in [4.78, 5) is 25.8. The lowest BCUT2D eigenvalue weighted by atomic mass is 10.4. The highest BCUT2D eigenvalue weighted by molar-refractivity contribution is 14.1. The van der Waals surface area contributed by atoms with Crippen LogP contribution in [0.5, 0.6) is 0 Å². The number of pyridine rings is 2. The van der Waals surface area contributed by atoms with Crippen LogP contribution in [0.15, 0.2) is 24.5 Å². The highest BCUT2D eigenvalue weighted by Crippen LogP contribution is 2.22. The summed E-state index contributed by atoms with van der Waals surface area (Å²) >= 11 is 9.19. The summed E-state index contributed by atoms with van der Waals surface area (Å²) in [7, 11) is 0. The first-order valence-corrected chi connectivity index (χ1v) is 7.66. The maximum atomic E-state index is 12.5. The van der Waals surface area contributed by atoms with Gasteiger partial charge < -0.3 is 0 Å². The quantitative estimate of drug-likeness (QED) is 0.241. The Kier molecular flexibility index (Phi) is 7.21. The summed E-state index contributed by atoms with van der Waals surface area (Å²) in [6, 6.07) is 2.50. The minimum Gasteiger partial charge on any atom is -0.258 e. The molecule has 0 fully saturated rings. The fourth-order valence-corrected chi connectivity index (χ4v) is 2.12. The van der Waals surface area contributed by atoms with Gasteiger partial charge in [0.15, 0.2) is 0 Å². The third-order valence-corrected chi connectivity index (χ3v) is 3.44. The number of nitro groups is 2. The molecule has 0 saturated carbocycles. The van der Waals surface area contributed by atoms with Crippen molar-refractivity contribution in [1.29, 1.82) is 0 Å². The van der Waals surface area contributed by atoms with Gasteiger partial charge in [0.1, 0.15) is 0 Å². The van der Waals surface area contributed by atoms with Crippen molar-refractivity contribution in [2.45, 2.75) is 0 Å². The van der Waals surface area contributed by atoms with Gasteiger partial charge in [-0.2, -0.15) is 4.39 Å². The van der Waals surface area contributed by atoms with Crippen molar-refractivity contribution in [2.75, 3.05) is 0 Å². The van der Waals surface area contributed by atoms with E-state index in [-0.39, 0.29) is 10.8 Å². The Bertz CT molecular complexity index is 673. The Morgan fingerprint density at radius 1 is 1.00 bits per heavy atom. The van der Waals surface area contributed by atoms with Gasteiger partial charge in [0.2, 0.25) is 5.15 Å². The van der Waals surface area contributed by atoms with Crippen LogP contribution in [0.2, 0.25) is 5.15 Å². The normalized spacial score (nSPS) is 9.64. The summed E-state index contributed by atoms with van der Waals surface area (Å²) in [5, 5.41) is 20.3. The highest BCUT2D eigenvalue weighted by atomic mass is 127. The minimum atomic E-state index is -1.05. The van der Waals surface area contributed by atoms with Gasteiger partial charge in [-0.1, -0.05) is 11.6 Å². The fraction of sp³-hybridized carbons (Fsp3) is 0. The molecule has 0 unspecified atom stereocenters. The number of hydrogen-bond acceptors (Lipinski definition) is 6. The topological polar surface area (TPSA) is 112 Å². The van der Waals surface area contributed by atoms with Crippen molar-refractivity contribution in [3.8, 4) is 0 Å². The molecule has 0 aliphatic heterocycles. The van der Waals surface area contributed by atoms with Crippen LogP contribution >= 0.6 is 56.8 Å². The molecule has 0 N–H and O–H groups in total. The summed E-state index contributed by atoms with van der Waals surface area (Å²) < 4.78 is 13.7. The average Bonchev–Trinajstić information content (AvgIpc) is 2.44. The van der Waals surface area contributed by atoms with Crippen molar-refractivity contribution in [2.24, 2.45) is 0 Å². The largest absolute Gasteiger partial charge is 0.325 e. The number of aromatic nitrogens is 2. The molecular formula is C10H4ClFI2N4O4. The van der Waals surface area contributed by atoms with Crippen LogP contribution in [0.4, 0.5) is 15.8 Å². The number of hydrogen-bond donors (Lipinski definition) is 0. The van der Waals surface area contributed by atoms with E-state index in [4.69, 9.17) is 11.6 Å². The lowest BCUT2D eigenvalue weighted by molar-refractivity contribution is -0.388. The second kappa shape index (κ2) is 8.42. The third-order valence-electron chi connectivity index (χ3n) is 1.97. The van der Waals surface area contributed by atoms with E-state index in [0.717, 1.165) is 6.07 Å². The van der Waals surface area contributed by atoms with Crippen molar-refractivity contribution in [1.82, 2.24) is 9.97 Å². The molecular weight excluding hydrogens is 548 g/mol. The predicted octanol–water partition coefficient (Wildman–Crippen LogP) is 3.98. The Morgan fingerprint density at radius 3 is 1.86 bits per heavy atom. The van der Waals surface area contributed by atoms with Crippen molar-refractivity contribution in [3.63, 3.8) is 0 Å². The van der Waals surface area contributed by atoms with Gasteiger partial charge in [-0.25, -0.2) is 9.97 Å². The Morgan fingerprint density at radius 2 is 1.45 bits per heavy atom. The van der Waals surface area contributed by atoms with E-state index < -0.39 is 21.5 Å². The van der Waals surface area contributed by atoms with E-state index in [1.807, 2.05) is 45.2 Å². The Balaban J connectivity index is 0.000000220. The first-order chi connectivity index (χ1) is 10.2. The molecule has 2 heterocycles. The molecule has 0 bridgehead atoms. The van der Waals surface area contributed by atoms with Crippen LogP contribution in [0.25, 0.3) is 0 Å². The van der Waals surface area contributed by atoms with Crippen LogP contribution < -0.4 is 0 Å². The van der Waals surface area contributed by atoms with E-state index in [0.29, 0.717) is 7.14 Å². The lowest BCUT2D eigenvalue weighted by Gasteiger charge is -1.93. The highest BCUT2D eigenvalue weighted by Gasteiger charge is 2.14. The van der Waals surface area contributed by atoms with Crippen molar-refractivity contribution in [3.05, 3.63) is 63.0 Å². The monoisotopic (exact) mass is 552 g/mol. The summed E-state index contributed by atoms with van der Waals surface area (Å²) in [5.74, 6) is -1.05. The molecule has 22 heavy (non-hydrogen) atoms. The zero-order chi connectivity index (χ0) is 16.9. The number of rotatable bonds is 2. The molecule has 116 valence electrons. The molecule has 0 atom stereocenters. The first-order valence-electron chi connectivity index (χ1n) is 5.13. The van der Waals surface area contributed by atoms with Crippen LogP contribution in [0, 0.1) is 33.3 Å². The zero-order valence-corrected chi connectivity index (χ0v) is 15.3. The molecule has 0 aromatic carbocycles. The van der Waals surface area contributed by atoms with Gasteiger partial charge in [0.25, 0.3) is 5.95 Å². The van der Waals surface area contributed by atoms with Crippen LogP contribution in [-0.4, -0.2) is 19.8 Å². The first kappa shape index (κ1) is 18.8. The number of nitrogens with zero attached hydrogens (tertiary/aromatic N) is 4. The van der Waals surface area contributed by atoms with Gasteiger partial charge in [-0.3, -0.25) is 20.2 Å². The second-order valence-corrected chi connectivity index (χ2v) is 6.29. The lowest BCUT2D eigenvalue weighted by Crippen LogP contribution is -1.95. The molecule has 0 aliphatic carbocycles. The Labute approximate surface area is 154 Å². The second-order valence-electron chi connectivity index (χ2n) is 3.44. The molecule has 0 saturated heterocycles. The maximum Gasteiger partial charge on any atom is 0.325 e. The minimum absolute atomic E-state index is 0.0737. The van der Waals surface area contributed by atoms with Gasteiger partial charge in [-0.05, 0) is 45.2 Å². The van der Waals surface area contributed by atoms with Crippen LogP contribution in [0.1, 0.15) is 0 Å². The van der Waals surface area contributed by atoms with Gasteiger partial charge >= 0.3 is 11.4 Å². The molecule has 2 aromatic rings. The van der Waals surface area contributed by atoms with Crippen LogP contribution in [-0.2, 0) is 0 Å². The summed E-state index contributed by atoms with van der Waals surface area (Å²) in [6.45, 7) is 0. The van der Waals surface area contributed by atoms with E-state index in [9.17, 15) is 24.6 Å². The van der Waals surface area contributed by atoms with Gasteiger partial charge in [0.05, 0.1) is 9.85 Å². The fourth-order valence-electron chi connectivity index (χ4n) is 1.08. The van der Waals surface area contributed by atoms with E-state index in [1.165, 1.54) is 18.5 Å². The molecule has 2 rings (SSSR count). The van der Waals surface area contributed by atoms with E-state index in [1.54, 1.807) is 0 Å². The van der Waals surface area contributed by atoms with Gasteiger partial charge in [0, 0.05) is 31.7 Å². The van der Waals surface area contributed by atoms with Crippen molar-refractivity contribution >= 4 is 68.2 Å². The summed E-state index contributed by atoms with van der Waals surface area (Å²) in [5.41, 5.74) is -0.740. The molecule has 8 nitrogen and oxygen atoms in total. The zero-order valence-electron chi connectivity index (χ0n) is 10.2. The van der Waals surface area contributed by atoms with Crippen LogP contribution in [0.3, 0.4) is 0 Å². The van der Waals surface area contributed by atoms with Gasteiger partial charge in [-0.15, -0.1) is 0 Å².